The second-order valence-corrected chi connectivity index (χ2v) is 5.05. The summed E-state index contributed by atoms with van der Waals surface area (Å²) in [6, 6.07) is 11.9. The minimum atomic E-state index is 0.137. The van der Waals surface area contributed by atoms with Crippen LogP contribution in [0.25, 0.3) is 0 Å². The lowest BCUT2D eigenvalue weighted by Crippen LogP contribution is -2.08. The zero-order valence-corrected chi connectivity index (χ0v) is 11.3. The van der Waals surface area contributed by atoms with Crippen LogP contribution in [0.4, 0.5) is 0 Å². The van der Waals surface area contributed by atoms with Gasteiger partial charge >= 0.3 is 0 Å². The quantitative estimate of drug-likeness (QED) is 0.835. The van der Waals surface area contributed by atoms with E-state index in [1.54, 1.807) is 13.2 Å². The molecule has 20 heavy (non-hydrogen) atoms. The van der Waals surface area contributed by atoms with Crippen molar-refractivity contribution < 1.29 is 9.53 Å². The summed E-state index contributed by atoms with van der Waals surface area (Å²) in [4.78, 5) is 20.3. The van der Waals surface area contributed by atoms with Gasteiger partial charge in [-0.3, -0.25) is 4.79 Å². The first-order chi connectivity index (χ1) is 9.78. The summed E-state index contributed by atoms with van der Waals surface area (Å²) in [5.74, 6) is 1.27. The van der Waals surface area contributed by atoms with Gasteiger partial charge in [0.2, 0.25) is 5.88 Å². The van der Waals surface area contributed by atoms with E-state index in [0.29, 0.717) is 18.2 Å². The highest BCUT2D eigenvalue weighted by Gasteiger charge is 2.43. The van der Waals surface area contributed by atoms with Gasteiger partial charge in [-0.25, -0.2) is 9.97 Å². The minimum Gasteiger partial charge on any atom is -0.481 e. The molecule has 2 aromatic rings. The van der Waals surface area contributed by atoms with Gasteiger partial charge in [0.1, 0.15) is 12.1 Å². The maximum atomic E-state index is 12.3. The van der Waals surface area contributed by atoms with Crippen molar-refractivity contribution in [2.75, 3.05) is 7.11 Å². The van der Waals surface area contributed by atoms with E-state index in [-0.39, 0.29) is 11.7 Å². The number of carbonyl (C=O) groups is 1. The molecular weight excluding hydrogens is 252 g/mol. The first kappa shape index (κ1) is 12.8. The topological polar surface area (TPSA) is 52.1 Å². The Balaban J connectivity index is 1.64. The summed E-state index contributed by atoms with van der Waals surface area (Å²) in [6.45, 7) is 0. The molecule has 1 aromatic heterocycles. The lowest BCUT2D eigenvalue weighted by atomic mass is 10.1. The van der Waals surface area contributed by atoms with Crippen molar-refractivity contribution in [1.29, 1.82) is 0 Å². The van der Waals surface area contributed by atoms with E-state index in [1.807, 2.05) is 18.2 Å². The second kappa shape index (κ2) is 5.41. The molecule has 0 N–H and O–H groups in total. The van der Waals surface area contributed by atoms with Crippen molar-refractivity contribution >= 4 is 5.78 Å². The Bertz CT molecular complexity index is 613. The lowest BCUT2D eigenvalue weighted by Gasteiger charge is -2.03. The van der Waals surface area contributed by atoms with E-state index >= 15 is 0 Å². The fourth-order valence-electron chi connectivity index (χ4n) is 2.51. The molecule has 2 atom stereocenters. The fraction of sp³-hybridized carbons (Fsp3) is 0.312. The number of ketones is 1. The van der Waals surface area contributed by atoms with Gasteiger partial charge in [-0.05, 0) is 17.9 Å². The van der Waals surface area contributed by atoms with Gasteiger partial charge in [0.25, 0.3) is 0 Å². The average Bonchev–Trinajstić information content (AvgIpc) is 3.29. The Morgan fingerprint density at radius 2 is 2.10 bits per heavy atom. The molecule has 1 aromatic carbocycles. The summed E-state index contributed by atoms with van der Waals surface area (Å²) in [6.07, 6.45) is 2.74. The Kier molecular flexibility index (Phi) is 3.46. The van der Waals surface area contributed by atoms with Crippen LogP contribution in [0.1, 0.15) is 23.6 Å². The van der Waals surface area contributed by atoms with Gasteiger partial charge in [0, 0.05) is 18.4 Å². The van der Waals surface area contributed by atoms with Gasteiger partial charge in [-0.1, -0.05) is 30.3 Å². The molecule has 0 bridgehead atoms. The number of methoxy groups -OCH3 is 1. The molecular formula is C16H16N2O2. The highest BCUT2D eigenvalue weighted by molar-refractivity contribution is 5.86. The van der Waals surface area contributed by atoms with Gasteiger partial charge in [0.15, 0.2) is 0 Å². The third kappa shape index (κ3) is 2.69. The van der Waals surface area contributed by atoms with Crippen LogP contribution in [0.2, 0.25) is 0 Å². The van der Waals surface area contributed by atoms with Gasteiger partial charge in [-0.2, -0.15) is 0 Å². The summed E-state index contributed by atoms with van der Waals surface area (Å²) in [7, 11) is 1.56. The monoisotopic (exact) mass is 268 g/mol. The number of carbonyl (C=O) groups excluding carboxylic acids is 1. The Hall–Kier alpha value is -2.23. The fourth-order valence-corrected chi connectivity index (χ4v) is 2.51. The molecule has 4 heteroatoms. The van der Waals surface area contributed by atoms with Crippen LogP contribution in [0, 0.1) is 5.92 Å². The number of rotatable bonds is 5. The molecule has 1 aliphatic rings. The summed E-state index contributed by atoms with van der Waals surface area (Å²) in [5, 5.41) is 0. The van der Waals surface area contributed by atoms with E-state index in [9.17, 15) is 4.79 Å². The first-order valence-electron chi connectivity index (χ1n) is 6.70. The van der Waals surface area contributed by atoms with E-state index in [4.69, 9.17) is 4.74 Å². The zero-order valence-electron chi connectivity index (χ0n) is 11.3. The predicted octanol–water partition coefficient (Wildman–Crippen LogP) is 2.40. The number of aromatic nitrogens is 2. The highest BCUT2D eigenvalue weighted by atomic mass is 16.5. The van der Waals surface area contributed by atoms with Crippen LogP contribution in [0.15, 0.2) is 42.7 Å². The molecule has 1 fully saturated rings. The second-order valence-electron chi connectivity index (χ2n) is 5.05. The largest absolute Gasteiger partial charge is 0.481 e. The van der Waals surface area contributed by atoms with Gasteiger partial charge in [-0.15, -0.1) is 0 Å². The van der Waals surface area contributed by atoms with Crippen molar-refractivity contribution in [2.24, 2.45) is 5.92 Å². The smallest absolute Gasteiger partial charge is 0.216 e. The number of benzene rings is 1. The van der Waals surface area contributed by atoms with E-state index < -0.39 is 0 Å². The zero-order chi connectivity index (χ0) is 13.9. The predicted molar refractivity (Wildman–Crippen MR) is 74.6 cm³/mol. The van der Waals surface area contributed by atoms with Crippen molar-refractivity contribution in [3.63, 3.8) is 0 Å². The molecule has 1 heterocycles. The normalized spacial score (nSPS) is 20.4. The van der Waals surface area contributed by atoms with Crippen LogP contribution >= 0.6 is 0 Å². The number of Topliss-reactive ketones (excluding diaryl/α,β-unsaturated/α-hetero) is 1. The molecule has 0 saturated heterocycles. The van der Waals surface area contributed by atoms with Crippen molar-refractivity contribution in [3.05, 3.63) is 54.0 Å². The Morgan fingerprint density at radius 3 is 2.85 bits per heavy atom. The number of nitrogens with zero attached hydrogens (tertiary/aromatic N) is 2. The molecule has 2 unspecified atom stereocenters. The van der Waals surface area contributed by atoms with Crippen LogP contribution in [-0.2, 0) is 11.2 Å². The Morgan fingerprint density at radius 1 is 1.30 bits per heavy atom. The molecule has 1 aliphatic carbocycles. The van der Waals surface area contributed by atoms with E-state index in [0.717, 1.165) is 12.1 Å². The van der Waals surface area contributed by atoms with Crippen LogP contribution in [0.5, 0.6) is 5.88 Å². The molecule has 0 radical (unpaired) electrons. The average molecular weight is 268 g/mol. The summed E-state index contributed by atoms with van der Waals surface area (Å²) >= 11 is 0. The minimum absolute atomic E-state index is 0.137. The number of ether oxygens (including phenoxy) is 1. The van der Waals surface area contributed by atoms with Crippen LogP contribution < -0.4 is 4.74 Å². The molecule has 0 aliphatic heterocycles. The lowest BCUT2D eigenvalue weighted by molar-refractivity contribution is -0.119. The number of hydrogen-bond acceptors (Lipinski definition) is 4. The van der Waals surface area contributed by atoms with Crippen LogP contribution in [-0.4, -0.2) is 22.9 Å². The summed E-state index contributed by atoms with van der Waals surface area (Å²) < 4.78 is 5.04. The third-order valence-corrected chi connectivity index (χ3v) is 3.69. The standard InChI is InChI=1S/C16H16N2O2/c1-20-16-8-12(17-10-18-16)7-15(19)14-9-13(14)11-5-3-2-4-6-11/h2-6,8,10,13-14H,7,9H2,1H3. The van der Waals surface area contributed by atoms with E-state index in [2.05, 4.69) is 22.1 Å². The third-order valence-electron chi connectivity index (χ3n) is 3.69. The van der Waals surface area contributed by atoms with Gasteiger partial charge in [0.05, 0.1) is 12.8 Å². The van der Waals surface area contributed by atoms with Crippen LogP contribution in [0.3, 0.4) is 0 Å². The highest BCUT2D eigenvalue weighted by Crippen LogP contribution is 2.48. The van der Waals surface area contributed by atoms with Crippen molar-refractivity contribution in [1.82, 2.24) is 9.97 Å². The van der Waals surface area contributed by atoms with Gasteiger partial charge < -0.3 is 4.74 Å². The maximum absolute atomic E-state index is 12.3. The molecule has 0 spiro atoms. The van der Waals surface area contributed by atoms with Crippen molar-refractivity contribution in [2.45, 2.75) is 18.8 Å². The van der Waals surface area contributed by atoms with E-state index in [1.165, 1.54) is 11.9 Å². The number of hydrogen-bond donors (Lipinski definition) is 0. The molecule has 0 amide bonds. The molecule has 3 rings (SSSR count). The summed E-state index contributed by atoms with van der Waals surface area (Å²) in [5.41, 5.74) is 1.98. The molecule has 1 saturated carbocycles. The first-order valence-corrected chi connectivity index (χ1v) is 6.70. The van der Waals surface area contributed by atoms with Crippen molar-refractivity contribution in [3.8, 4) is 5.88 Å². The SMILES string of the molecule is COc1cc(CC(=O)C2CC2c2ccccc2)ncn1. The molecule has 4 nitrogen and oxygen atoms in total. The maximum Gasteiger partial charge on any atom is 0.216 e. The Labute approximate surface area is 117 Å². The molecule has 102 valence electrons.